The van der Waals surface area contributed by atoms with Crippen molar-refractivity contribution in [1.29, 1.82) is 0 Å². The molecule has 0 atom stereocenters. The lowest BCUT2D eigenvalue weighted by atomic mass is 10.2. The van der Waals surface area contributed by atoms with Crippen LogP contribution in [-0.4, -0.2) is 13.0 Å². The van der Waals surface area contributed by atoms with Crippen molar-refractivity contribution in [3.8, 4) is 0 Å². The molecule has 0 heterocycles. The zero-order valence-electron chi connectivity index (χ0n) is 6.89. The summed E-state index contributed by atoms with van der Waals surface area (Å²) < 4.78 is 32.6. The number of aryl methyl sites for hydroxylation is 1. The first kappa shape index (κ1) is 9.97. The van der Waals surface area contributed by atoms with Crippen LogP contribution in [0.2, 0.25) is 0 Å². The molecule has 0 spiro atoms. The lowest BCUT2D eigenvalue weighted by Gasteiger charge is -2.05. The number of hydrogen-bond acceptors (Lipinski definition) is 4. The first-order valence-corrected chi connectivity index (χ1v) is 4.83. The highest BCUT2D eigenvalue weighted by Gasteiger charge is 2.04. The third-order valence-corrected chi connectivity index (χ3v) is 1.70. The summed E-state index contributed by atoms with van der Waals surface area (Å²) in [5, 5.41) is 0. The number of nitrogens with one attached hydrogen (secondary N) is 1. The lowest BCUT2D eigenvalue weighted by Crippen LogP contribution is -2.10. The van der Waals surface area contributed by atoms with Gasteiger partial charge < -0.3 is 0 Å². The summed E-state index contributed by atoms with van der Waals surface area (Å²) in [6.07, 6.45) is 0. The predicted molar refractivity (Wildman–Crippen MR) is 47.4 cm³/mol. The fourth-order valence-corrected chi connectivity index (χ4v) is 0.980. The standard InChI is InChI=1S/C7H9NO4S/c1-6-4-2-3-5-7(6)8-12-13(9,10)11/h2-5,8H,1H3,(H,9,10,11). The molecule has 2 N–H and O–H groups in total. The molecule has 0 aliphatic heterocycles. The van der Waals surface area contributed by atoms with Gasteiger partial charge in [-0.05, 0) is 18.6 Å². The average molecular weight is 203 g/mol. The van der Waals surface area contributed by atoms with E-state index < -0.39 is 10.4 Å². The van der Waals surface area contributed by atoms with Gasteiger partial charge in [-0.25, -0.2) is 5.48 Å². The van der Waals surface area contributed by atoms with E-state index >= 15 is 0 Å². The van der Waals surface area contributed by atoms with E-state index in [9.17, 15) is 8.42 Å². The first-order chi connectivity index (χ1) is 5.99. The molecule has 1 rings (SSSR count). The van der Waals surface area contributed by atoms with Crippen molar-refractivity contribution in [2.75, 3.05) is 5.48 Å². The van der Waals surface area contributed by atoms with Crippen molar-refractivity contribution in [2.45, 2.75) is 6.92 Å². The van der Waals surface area contributed by atoms with Gasteiger partial charge in [0.05, 0.1) is 5.69 Å². The summed E-state index contributed by atoms with van der Waals surface area (Å²) in [5.41, 5.74) is 3.41. The number of rotatable bonds is 3. The molecule has 0 saturated heterocycles. The number of anilines is 1. The van der Waals surface area contributed by atoms with E-state index in [-0.39, 0.29) is 0 Å². The molecule has 1 aromatic rings. The molecule has 5 nitrogen and oxygen atoms in total. The van der Waals surface area contributed by atoms with Gasteiger partial charge in [0.1, 0.15) is 0 Å². The van der Waals surface area contributed by atoms with Crippen molar-refractivity contribution in [3.63, 3.8) is 0 Å². The Morgan fingerprint density at radius 2 is 2.00 bits per heavy atom. The van der Waals surface area contributed by atoms with E-state index in [4.69, 9.17) is 4.55 Å². The number of para-hydroxylation sites is 1. The van der Waals surface area contributed by atoms with Crippen molar-refractivity contribution < 1.29 is 17.3 Å². The van der Waals surface area contributed by atoms with Crippen LogP contribution in [0.25, 0.3) is 0 Å². The highest BCUT2D eigenvalue weighted by molar-refractivity contribution is 7.80. The molecule has 6 heteroatoms. The molecule has 0 amide bonds. The second-order valence-electron chi connectivity index (χ2n) is 2.43. The highest BCUT2D eigenvalue weighted by atomic mass is 32.3. The summed E-state index contributed by atoms with van der Waals surface area (Å²) in [7, 11) is -4.45. The lowest BCUT2D eigenvalue weighted by molar-refractivity contribution is 0.320. The van der Waals surface area contributed by atoms with Gasteiger partial charge in [0.2, 0.25) is 0 Å². The van der Waals surface area contributed by atoms with Gasteiger partial charge in [-0.15, -0.1) is 4.28 Å². The second kappa shape index (κ2) is 3.73. The van der Waals surface area contributed by atoms with Crippen LogP contribution < -0.4 is 5.48 Å². The summed E-state index contributed by atoms with van der Waals surface area (Å²) in [6.45, 7) is 1.77. The molecule has 0 bridgehead atoms. The minimum Gasteiger partial charge on any atom is -0.262 e. The molecule has 0 fully saturated rings. The number of benzene rings is 1. The van der Waals surface area contributed by atoms with E-state index in [0.717, 1.165) is 5.56 Å². The summed E-state index contributed by atoms with van der Waals surface area (Å²) in [4.78, 5) is 0. The summed E-state index contributed by atoms with van der Waals surface area (Å²) >= 11 is 0. The largest absolute Gasteiger partial charge is 0.418 e. The molecule has 0 aliphatic carbocycles. The van der Waals surface area contributed by atoms with Gasteiger partial charge in [-0.2, -0.15) is 8.42 Å². The normalized spacial score (nSPS) is 11.2. The van der Waals surface area contributed by atoms with Crippen LogP contribution in [0.5, 0.6) is 0 Å². The van der Waals surface area contributed by atoms with E-state index in [1.54, 1.807) is 31.2 Å². The molecule has 0 unspecified atom stereocenters. The molecule has 72 valence electrons. The molecular formula is C7H9NO4S. The maximum atomic E-state index is 10.2. The third kappa shape index (κ3) is 3.41. The van der Waals surface area contributed by atoms with Crippen LogP contribution >= 0.6 is 0 Å². The van der Waals surface area contributed by atoms with Gasteiger partial charge in [-0.1, -0.05) is 18.2 Å². The van der Waals surface area contributed by atoms with E-state index in [1.807, 2.05) is 0 Å². The third-order valence-electron chi connectivity index (χ3n) is 1.40. The van der Waals surface area contributed by atoms with Gasteiger partial charge in [0.25, 0.3) is 0 Å². The minimum atomic E-state index is -4.45. The van der Waals surface area contributed by atoms with Crippen LogP contribution in [0.3, 0.4) is 0 Å². The Morgan fingerprint density at radius 1 is 1.38 bits per heavy atom. The van der Waals surface area contributed by atoms with Crippen molar-refractivity contribution in [1.82, 2.24) is 0 Å². The smallest absolute Gasteiger partial charge is 0.262 e. The van der Waals surface area contributed by atoms with Gasteiger partial charge in [-0.3, -0.25) is 4.55 Å². The van der Waals surface area contributed by atoms with Crippen LogP contribution in [-0.2, 0) is 14.7 Å². The molecule has 0 radical (unpaired) electrons. The minimum absolute atomic E-state index is 0.486. The Kier molecular flexibility index (Phi) is 2.86. The topological polar surface area (TPSA) is 75.6 Å². The van der Waals surface area contributed by atoms with Crippen LogP contribution in [0, 0.1) is 6.92 Å². The maximum Gasteiger partial charge on any atom is 0.418 e. The van der Waals surface area contributed by atoms with E-state index in [0.29, 0.717) is 5.69 Å². The van der Waals surface area contributed by atoms with Crippen LogP contribution in [0.4, 0.5) is 5.69 Å². The average Bonchev–Trinajstić information content (AvgIpc) is 2.01. The van der Waals surface area contributed by atoms with Crippen molar-refractivity contribution in [2.24, 2.45) is 0 Å². The zero-order chi connectivity index (χ0) is 9.90. The molecule has 0 aliphatic rings. The van der Waals surface area contributed by atoms with Crippen LogP contribution in [0.15, 0.2) is 24.3 Å². The number of hydrogen-bond donors (Lipinski definition) is 2. The SMILES string of the molecule is Cc1ccccc1NOS(=O)(=O)O. The van der Waals surface area contributed by atoms with Gasteiger partial charge >= 0.3 is 10.4 Å². The maximum absolute atomic E-state index is 10.2. The highest BCUT2D eigenvalue weighted by Crippen LogP contribution is 2.13. The fraction of sp³-hybridized carbons (Fsp3) is 0.143. The Labute approximate surface area is 76.3 Å². The molecule has 13 heavy (non-hydrogen) atoms. The molecule has 0 saturated carbocycles. The second-order valence-corrected chi connectivity index (χ2v) is 3.45. The quantitative estimate of drug-likeness (QED) is 0.569. The molecule has 1 aromatic carbocycles. The Hall–Kier alpha value is -1.11. The Balaban J connectivity index is 2.71. The monoisotopic (exact) mass is 203 g/mol. The van der Waals surface area contributed by atoms with Crippen molar-refractivity contribution >= 4 is 16.1 Å². The van der Waals surface area contributed by atoms with E-state index in [2.05, 4.69) is 9.76 Å². The molecule has 0 aromatic heterocycles. The predicted octanol–water partition coefficient (Wildman–Crippen LogP) is 1.14. The molecular weight excluding hydrogens is 194 g/mol. The Bertz CT molecular complexity index is 387. The Morgan fingerprint density at radius 3 is 2.54 bits per heavy atom. The van der Waals surface area contributed by atoms with E-state index in [1.165, 1.54) is 0 Å². The summed E-state index contributed by atoms with van der Waals surface area (Å²) in [6, 6.07) is 6.91. The van der Waals surface area contributed by atoms with Crippen molar-refractivity contribution in [3.05, 3.63) is 29.8 Å². The van der Waals surface area contributed by atoms with Gasteiger partial charge in [0, 0.05) is 0 Å². The van der Waals surface area contributed by atoms with Gasteiger partial charge in [0.15, 0.2) is 0 Å². The van der Waals surface area contributed by atoms with Crippen LogP contribution in [0.1, 0.15) is 5.56 Å². The fourth-order valence-electron chi connectivity index (χ4n) is 0.785. The first-order valence-electron chi connectivity index (χ1n) is 3.46. The summed E-state index contributed by atoms with van der Waals surface area (Å²) in [5.74, 6) is 0. The zero-order valence-corrected chi connectivity index (χ0v) is 7.71.